The van der Waals surface area contributed by atoms with Gasteiger partial charge in [-0.1, -0.05) is 66.0 Å². The molecule has 2 atom stereocenters. The van der Waals surface area contributed by atoms with Gasteiger partial charge >= 0.3 is 6.11 Å². The summed E-state index contributed by atoms with van der Waals surface area (Å²) in [6.07, 6.45) is 1.24. The van der Waals surface area contributed by atoms with E-state index < -0.39 is 21.0 Å². The molecule has 1 aromatic carbocycles. The van der Waals surface area contributed by atoms with Crippen molar-refractivity contribution in [2.75, 3.05) is 18.1 Å². The number of alkyl halides is 2. The molecule has 35 heavy (non-hydrogen) atoms. The van der Waals surface area contributed by atoms with Crippen LogP contribution < -0.4 is 15.0 Å². The molecule has 1 saturated heterocycles. The Morgan fingerprint density at radius 1 is 1.09 bits per heavy atom. The van der Waals surface area contributed by atoms with Gasteiger partial charge in [0, 0.05) is 29.9 Å². The normalized spacial score (nSPS) is 23.2. The minimum atomic E-state index is -3.46. The van der Waals surface area contributed by atoms with Crippen LogP contribution in [0.1, 0.15) is 81.1 Å². The average molecular weight is 531 g/mol. The Kier molecular flexibility index (Phi) is 8.88. The van der Waals surface area contributed by atoms with E-state index in [0.717, 1.165) is 25.1 Å². The minimum absolute atomic E-state index is 0.00971. The second-order valence-electron chi connectivity index (χ2n) is 12.1. The van der Waals surface area contributed by atoms with Crippen LogP contribution in [0.5, 0.6) is 5.75 Å². The summed E-state index contributed by atoms with van der Waals surface area (Å²) >= 11 is 6.51. The molecule has 1 saturated carbocycles. The minimum Gasteiger partial charge on any atom is -0.429 e. The lowest BCUT2D eigenvalue weighted by Crippen LogP contribution is -2.67. The monoisotopic (exact) mass is 530 g/mol. The topological polar surface area (TPSA) is 33.7 Å². The third-order valence-corrected chi connectivity index (χ3v) is 14.3. The largest absolute Gasteiger partial charge is 0.429 e. The van der Waals surface area contributed by atoms with Gasteiger partial charge in [-0.05, 0) is 61.5 Å². The van der Waals surface area contributed by atoms with Gasteiger partial charge < -0.3 is 19.4 Å². The van der Waals surface area contributed by atoms with Crippen molar-refractivity contribution in [3.63, 3.8) is 0 Å². The lowest BCUT2D eigenvalue weighted by atomic mass is 9.83. The first-order chi connectivity index (χ1) is 16.2. The van der Waals surface area contributed by atoms with Crippen LogP contribution in [-0.2, 0) is 4.43 Å². The number of halogens is 3. The number of hydrogen-bond donors (Lipinski definition) is 1. The molecule has 0 bridgehead atoms. The van der Waals surface area contributed by atoms with Crippen LogP contribution in [0.4, 0.5) is 14.5 Å². The second-order valence-corrected chi connectivity index (χ2v) is 17.9. The molecule has 1 aromatic rings. The molecule has 8 heteroatoms. The zero-order chi connectivity index (χ0) is 26.2. The number of piperazine rings is 1. The third kappa shape index (κ3) is 6.34. The molecule has 0 amide bonds. The maximum atomic E-state index is 15.0. The molecule has 1 N–H and O–H groups in total. The Labute approximate surface area is 217 Å². The lowest BCUT2D eigenvalue weighted by Gasteiger charge is -2.52. The first-order valence-corrected chi connectivity index (χ1v) is 15.7. The molecule has 2 aliphatic rings. The van der Waals surface area contributed by atoms with Gasteiger partial charge in [-0.15, -0.1) is 0 Å². The maximum absolute atomic E-state index is 15.0. The molecule has 0 aromatic heterocycles. The summed E-state index contributed by atoms with van der Waals surface area (Å²) in [4.78, 5) is 2.39. The van der Waals surface area contributed by atoms with E-state index in [1.165, 1.54) is 12.8 Å². The average Bonchev–Trinajstić information content (AvgIpc) is 2.73. The summed E-state index contributed by atoms with van der Waals surface area (Å²) in [5.74, 6) is -0.00971. The second kappa shape index (κ2) is 10.8. The fourth-order valence-electron chi connectivity index (χ4n) is 6.68. The maximum Gasteiger partial charge on any atom is 0.420 e. The van der Waals surface area contributed by atoms with Crippen LogP contribution in [-0.4, -0.2) is 45.2 Å². The zero-order valence-corrected chi connectivity index (χ0v) is 24.5. The smallest absolute Gasteiger partial charge is 0.420 e. The van der Waals surface area contributed by atoms with Crippen LogP contribution >= 0.6 is 11.6 Å². The third-order valence-electron chi connectivity index (χ3n) is 7.98. The summed E-state index contributed by atoms with van der Waals surface area (Å²) in [5.41, 5.74) is 1.57. The van der Waals surface area contributed by atoms with E-state index >= 15 is 0 Å². The van der Waals surface area contributed by atoms with Crippen molar-refractivity contribution in [2.45, 2.75) is 121 Å². The molecule has 0 spiro atoms. The highest BCUT2D eigenvalue weighted by atomic mass is 35.5. The SMILES string of the molecule is CC(C)[Si](OCC(F)(F)Oc1ccc(N2CC(C)(C)N[C@H]3CCCC[C@@H]32)cc1Cl)(C(C)C)C(C)C. The number of nitrogens with one attached hydrogen (secondary N) is 1. The summed E-state index contributed by atoms with van der Waals surface area (Å²) in [6, 6.07) is 6.03. The first-order valence-electron chi connectivity index (χ1n) is 13.2. The van der Waals surface area contributed by atoms with E-state index in [9.17, 15) is 8.78 Å². The van der Waals surface area contributed by atoms with Crippen LogP contribution in [0, 0.1) is 0 Å². The summed E-state index contributed by atoms with van der Waals surface area (Å²) in [5, 5.41) is 3.99. The van der Waals surface area contributed by atoms with E-state index in [-0.39, 0.29) is 32.9 Å². The standard InChI is InChI=1S/C27H45ClF2N2O2Si/c1-18(2)35(19(3)4,20(5)6)33-17-27(29,30)34-25-14-13-21(15-22(25)28)32-16-26(7,8)31-23-11-9-10-12-24(23)32/h13-15,18-20,23-24,31H,9-12,16-17H2,1-8H3/t23-,24-/m0/s1. The molecule has 3 rings (SSSR count). The molecular formula is C27H45ClF2N2O2Si. The predicted octanol–water partition coefficient (Wildman–Crippen LogP) is 8.00. The molecule has 4 nitrogen and oxygen atoms in total. The fourth-order valence-corrected chi connectivity index (χ4v) is 12.3. The number of fused-ring (bicyclic) bond motifs is 1. The number of nitrogens with zero attached hydrogens (tertiary/aromatic N) is 1. The molecule has 1 aliphatic heterocycles. The van der Waals surface area contributed by atoms with Crippen LogP contribution in [0.15, 0.2) is 18.2 Å². The number of anilines is 1. The number of hydrogen-bond acceptors (Lipinski definition) is 4. The summed E-state index contributed by atoms with van der Waals surface area (Å²) < 4.78 is 41.2. The number of rotatable bonds is 9. The van der Waals surface area contributed by atoms with Crippen molar-refractivity contribution in [3.05, 3.63) is 23.2 Å². The van der Waals surface area contributed by atoms with Gasteiger partial charge in [0.2, 0.25) is 8.32 Å². The van der Waals surface area contributed by atoms with E-state index in [4.69, 9.17) is 20.8 Å². The van der Waals surface area contributed by atoms with Gasteiger partial charge in [0.05, 0.1) is 5.02 Å². The highest BCUT2D eigenvalue weighted by Crippen LogP contribution is 2.43. The van der Waals surface area contributed by atoms with Crippen LogP contribution in [0.3, 0.4) is 0 Å². The molecule has 0 unspecified atom stereocenters. The Hall–Kier alpha value is -0.893. The van der Waals surface area contributed by atoms with Gasteiger partial charge in [-0.2, -0.15) is 8.78 Å². The van der Waals surface area contributed by atoms with Crippen molar-refractivity contribution in [1.82, 2.24) is 5.32 Å². The molecule has 2 fully saturated rings. The van der Waals surface area contributed by atoms with Gasteiger partial charge in [0.25, 0.3) is 0 Å². The molecule has 200 valence electrons. The van der Waals surface area contributed by atoms with Gasteiger partial charge in [0.1, 0.15) is 12.4 Å². The molecule has 1 heterocycles. The Morgan fingerprint density at radius 2 is 1.69 bits per heavy atom. The van der Waals surface area contributed by atoms with Crippen LogP contribution in [0.2, 0.25) is 21.6 Å². The molecular weight excluding hydrogens is 486 g/mol. The van der Waals surface area contributed by atoms with Gasteiger partial charge in [-0.3, -0.25) is 0 Å². The fraction of sp³-hybridized carbons (Fsp3) is 0.778. The number of ether oxygens (including phenoxy) is 1. The summed E-state index contributed by atoms with van der Waals surface area (Å²) in [7, 11) is -2.44. The predicted molar refractivity (Wildman–Crippen MR) is 145 cm³/mol. The van der Waals surface area contributed by atoms with Crippen molar-refractivity contribution in [2.24, 2.45) is 0 Å². The van der Waals surface area contributed by atoms with Gasteiger partial charge in [-0.25, -0.2) is 0 Å². The van der Waals surface area contributed by atoms with E-state index in [0.29, 0.717) is 12.1 Å². The highest BCUT2D eigenvalue weighted by Gasteiger charge is 2.48. The van der Waals surface area contributed by atoms with Gasteiger partial charge in [0.15, 0.2) is 0 Å². The van der Waals surface area contributed by atoms with Crippen molar-refractivity contribution < 1.29 is 17.9 Å². The van der Waals surface area contributed by atoms with E-state index in [1.54, 1.807) is 12.1 Å². The Morgan fingerprint density at radius 3 is 2.26 bits per heavy atom. The van der Waals surface area contributed by atoms with Crippen molar-refractivity contribution >= 4 is 25.6 Å². The van der Waals surface area contributed by atoms with Crippen molar-refractivity contribution in [1.29, 1.82) is 0 Å². The van der Waals surface area contributed by atoms with Crippen LogP contribution in [0.25, 0.3) is 0 Å². The highest BCUT2D eigenvalue weighted by molar-refractivity contribution is 6.77. The summed E-state index contributed by atoms with van der Waals surface area (Å²) in [6.45, 7) is 17.0. The Bertz CT molecular complexity index is 844. The lowest BCUT2D eigenvalue weighted by molar-refractivity contribution is -0.198. The van der Waals surface area contributed by atoms with E-state index in [1.807, 2.05) is 6.07 Å². The quantitative estimate of drug-likeness (QED) is 0.328. The zero-order valence-electron chi connectivity index (χ0n) is 22.8. The first kappa shape index (κ1) is 28.7. The molecule has 1 aliphatic carbocycles. The Balaban J connectivity index is 1.76. The van der Waals surface area contributed by atoms with Crippen molar-refractivity contribution in [3.8, 4) is 5.75 Å². The van der Waals surface area contributed by atoms with E-state index in [2.05, 4.69) is 65.6 Å². The molecule has 0 radical (unpaired) electrons. The number of benzene rings is 1.